The molecular weight excluding hydrogens is 196 g/mol. The standard InChI is InChI=1S/C9H8N4O2/c1-7-6-10-11-12(7)8-4-2-3-5-9(8)13(14)15/h2-6H,1H3. The third-order valence-electron chi connectivity index (χ3n) is 2.03. The molecule has 1 aromatic heterocycles. The van der Waals surface area contributed by atoms with Crippen molar-refractivity contribution >= 4 is 5.69 Å². The molecule has 0 unspecified atom stereocenters. The second kappa shape index (κ2) is 3.49. The van der Waals surface area contributed by atoms with Crippen LogP contribution in [0.25, 0.3) is 5.69 Å². The summed E-state index contributed by atoms with van der Waals surface area (Å²) in [5, 5.41) is 18.3. The van der Waals surface area contributed by atoms with Crippen molar-refractivity contribution in [3.05, 3.63) is 46.3 Å². The van der Waals surface area contributed by atoms with E-state index in [0.717, 1.165) is 5.69 Å². The molecule has 0 fully saturated rings. The maximum absolute atomic E-state index is 10.8. The summed E-state index contributed by atoms with van der Waals surface area (Å²) in [6.07, 6.45) is 1.55. The molecule has 15 heavy (non-hydrogen) atoms. The molecule has 0 saturated heterocycles. The molecule has 2 rings (SSSR count). The van der Waals surface area contributed by atoms with E-state index >= 15 is 0 Å². The zero-order chi connectivity index (χ0) is 10.8. The van der Waals surface area contributed by atoms with Crippen LogP contribution in [0.15, 0.2) is 30.5 Å². The quantitative estimate of drug-likeness (QED) is 0.548. The third kappa shape index (κ3) is 1.56. The molecule has 0 atom stereocenters. The first-order chi connectivity index (χ1) is 7.20. The van der Waals surface area contributed by atoms with Crippen molar-refractivity contribution in [1.29, 1.82) is 0 Å². The highest BCUT2D eigenvalue weighted by atomic mass is 16.6. The van der Waals surface area contributed by atoms with Gasteiger partial charge in [0.2, 0.25) is 0 Å². The molecule has 6 heteroatoms. The number of aryl methyl sites for hydroxylation is 1. The number of hydrogen-bond donors (Lipinski definition) is 0. The van der Waals surface area contributed by atoms with Crippen LogP contribution < -0.4 is 0 Å². The third-order valence-corrected chi connectivity index (χ3v) is 2.03. The molecular formula is C9H8N4O2. The fourth-order valence-electron chi connectivity index (χ4n) is 1.32. The molecule has 2 aromatic rings. The van der Waals surface area contributed by atoms with Crippen molar-refractivity contribution in [2.24, 2.45) is 0 Å². The van der Waals surface area contributed by atoms with Crippen LogP contribution in [0.3, 0.4) is 0 Å². The second-order valence-corrected chi connectivity index (χ2v) is 3.03. The Morgan fingerprint density at radius 3 is 2.73 bits per heavy atom. The molecule has 1 heterocycles. The first-order valence-corrected chi connectivity index (χ1v) is 4.31. The van der Waals surface area contributed by atoms with Gasteiger partial charge >= 0.3 is 0 Å². The smallest absolute Gasteiger partial charge is 0.258 e. The Kier molecular flexibility index (Phi) is 2.17. The normalized spacial score (nSPS) is 10.2. The Morgan fingerprint density at radius 2 is 2.13 bits per heavy atom. The van der Waals surface area contributed by atoms with E-state index < -0.39 is 4.92 Å². The molecule has 0 amide bonds. The van der Waals surface area contributed by atoms with Gasteiger partial charge in [-0.3, -0.25) is 10.1 Å². The summed E-state index contributed by atoms with van der Waals surface area (Å²) in [4.78, 5) is 10.3. The first kappa shape index (κ1) is 9.32. The summed E-state index contributed by atoms with van der Waals surface area (Å²) in [6, 6.07) is 6.42. The summed E-state index contributed by atoms with van der Waals surface area (Å²) in [7, 11) is 0. The van der Waals surface area contributed by atoms with Gasteiger partial charge in [0.15, 0.2) is 0 Å². The number of benzene rings is 1. The number of rotatable bonds is 2. The minimum absolute atomic E-state index is 0.0195. The van der Waals surface area contributed by atoms with Crippen molar-refractivity contribution in [2.45, 2.75) is 6.92 Å². The van der Waals surface area contributed by atoms with E-state index in [4.69, 9.17) is 0 Å². The molecule has 0 N–H and O–H groups in total. The zero-order valence-electron chi connectivity index (χ0n) is 7.99. The summed E-state index contributed by atoms with van der Waals surface area (Å²) >= 11 is 0. The van der Waals surface area contributed by atoms with Crippen molar-refractivity contribution < 1.29 is 4.92 Å². The van der Waals surface area contributed by atoms with Crippen LogP contribution in [0.5, 0.6) is 0 Å². The second-order valence-electron chi connectivity index (χ2n) is 3.03. The number of hydrogen-bond acceptors (Lipinski definition) is 4. The van der Waals surface area contributed by atoms with Gasteiger partial charge in [0, 0.05) is 6.07 Å². The number of nitro benzene ring substituents is 1. The van der Waals surface area contributed by atoms with E-state index in [1.165, 1.54) is 10.7 Å². The zero-order valence-corrected chi connectivity index (χ0v) is 7.99. The molecule has 0 aliphatic heterocycles. The number of para-hydroxylation sites is 2. The highest BCUT2D eigenvalue weighted by molar-refractivity contribution is 5.51. The Hall–Kier alpha value is -2.24. The minimum atomic E-state index is -0.434. The molecule has 6 nitrogen and oxygen atoms in total. The highest BCUT2D eigenvalue weighted by Gasteiger charge is 2.15. The lowest BCUT2D eigenvalue weighted by Gasteiger charge is -2.02. The molecule has 0 aliphatic carbocycles. The Labute approximate surface area is 85.3 Å². The minimum Gasteiger partial charge on any atom is -0.258 e. The van der Waals surface area contributed by atoms with Crippen LogP contribution in [-0.4, -0.2) is 19.9 Å². The van der Waals surface area contributed by atoms with E-state index in [0.29, 0.717) is 5.69 Å². The topological polar surface area (TPSA) is 73.8 Å². The van der Waals surface area contributed by atoms with E-state index in [-0.39, 0.29) is 5.69 Å². The Bertz CT molecular complexity index is 506. The Balaban J connectivity index is 2.63. The summed E-state index contributed by atoms with van der Waals surface area (Å²) < 4.78 is 1.44. The van der Waals surface area contributed by atoms with Gasteiger partial charge in [0.05, 0.1) is 16.8 Å². The van der Waals surface area contributed by atoms with Crippen molar-refractivity contribution in [3.63, 3.8) is 0 Å². The van der Waals surface area contributed by atoms with Gasteiger partial charge in [-0.05, 0) is 13.0 Å². The maximum atomic E-state index is 10.8. The number of aromatic nitrogens is 3. The monoisotopic (exact) mass is 204 g/mol. The van der Waals surface area contributed by atoms with Crippen molar-refractivity contribution in [3.8, 4) is 5.69 Å². The van der Waals surface area contributed by atoms with Gasteiger partial charge in [-0.15, -0.1) is 5.10 Å². The SMILES string of the molecule is Cc1cnnn1-c1ccccc1[N+](=O)[O-]. The molecule has 0 aliphatic rings. The first-order valence-electron chi connectivity index (χ1n) is 4.31. The number of nitrogens with zero attached hydrogens (tertiary/aromatic N) is 4. The lowest BCUT2D eigenvalue weighted by atomic mass is 10.2. The largest absolute Gasteiger partial charge is 0.294 e. The van der Waals surface area contributed by atoms with E-state index in [1.54, 1.807) is 31.3 Å². The van der Waals surface area contributed by atoms with Crippen LogP contribution >= 0.6 is 0 Å². The van der Waals surface area contributed by atoms with Crippen LogP contribution in [0, 0.1) is 17.0 Å². The number of nitro groups is 1. The van der Waals surface area contributed by atoms with Gasteiger partial charge < -0.3 is 0 Å². The Morgan fingerprint density at radius 1 is 1.40 bits per heavy atom. The fourth-order valence-corrected chi connectivity index (χ4v) is 1.32. The molecule has 1 aromatic carbocycles. The van der Waals surface area contributed by atoms with Gasteiger partial charge in [-0.2, -0.15) is 0 Å². The van der Waals surface area contributed by atoms with Crippen molar-refractivity contribution in [1.82, 2.24) is 15.0 Å². The van der Waals surface area contributed by atoms with E-state index in [2.05, 4.69) is 10.3 Å². The fraction of sp³-hybridized carbons (Fsp3) is 0.111. The van der Waals surface area contributed by atoms with Gasteiger partial charge in [-0.25, -0.2) is 4.68 Å². The molecule has 76 valence electrons. The maximum Gasteiger partial charge on any atom is 0.294 e. The lowest BCUT2D eigenvalue weighted by Crippen LogP contribution is -2.03. The molecule has 0 spiro atoms. The molecule has 0 radical (unpaired) electrons. The van der Waals surface area contributed by atoms with Crippen LogP contribution in [0.2, 0.25) is 0 Å². The summed E-state index contributed by atoms with van der Waals surface area (Å²) in [5.41, 5.74) is 1.20. The van der Waals surface area contributed by atoms with E-state index in [9.17, 15) is 10.1 Å². The predicted molar refractivity (Wildman–Crippen MR) is 52.8 cm³/mol. The van der Waals surface area contributed by atoms with Crippen molar-refractivity contribution in [2.75, 3.05) is 0 Å². The summed E-state index contributed by atoms with van der Waals surface area (Å²) in [6.45, 7) is 1.79. The van der Waals surface area contributed by atoms with Crippen LogP contribution in [-0.2, 0) is 0 Å². The van der Waals surface area contributed by atoms with Gasteiger partial charge in [-0.1, -0.05) is 17.3 Å². The van der Waals surface area contributed by atoms with E-state index in [1.807, 2.05) is 0 Å². The average Bonchev–Trinajstić information content (AvgIpc) is 2.64. The average molecular weight is 204 g/mol. The molecule has 0 saturated carbocycles. The summed E-state index contributed by atoms with van der Waals surface area (Å²) in [5.74, 6) is 0. The predicted octanol–water partition coefficient (Wildman–Crippen LogP) is 1.48. The molecule has 0 bridgehead atoms. The van der Waals surface area contributed by atoms with Crippen LogP contribution in [0.1, 0.15) is 5.69 Å². The van der Waals surface area contributed by atoms with Gasteiger partial charge in [0.25, 0.3) is 5.69 Å². The highest BCUT2D eigenvalue weighted by Crippen LogP contribution is 2.21. The van der Waals surface area contributed by atoms with Gasteiger partial charge in [0.1, 0.15) is 5.69 Å². The lowest BCUT2D eigenvalue weighted by molar-refractivity contribution is -0.384. The van der Waals surface area contributed by atoms with Crippen LogP contribution in [0.4, 0.5) is 5.69 Å².